The van der Waals surface area contributed by atoms with Gasteiger partial charge in [0, 0.05) is 6.07 Å². The molecule has 112 valence electrons. The molecular formula is C15H13F3O3. The molecule has 3 nitrogen and oxygen atoms in total. The van der Waals surface area contributed by atoms with Crippen molar-refractivity contribution in [3.8, 4) is 11.5 Å². The monoisotopic (exact) mass is 298 g/mol. The zero-order chi connectivity index (χ0) is 15.5. The third-order valence-corrected chi connectivity index (χ3v) is 2.82. The van der Waals surface area contributed by atoms with Gasteiger partial charge < -0.3 is 14.9 Å². The van der Waals surface area contributed by atoms with Crippen LogP contribution in [-0.2, 0) is 6.18 Å². The first-order chi connectivity index (χ1) is 9.86. The van der Waals surface area contributed by atoms with Gasteiger partial charge in [0.1, 0.15) is 24.2 Å². The second-order valence-corrected chi connectivity index (χ2v) is 4.45. The Bertz CT molecular complexity index is 611. The minimum Gasteiger partial charge on any atom is -0.508 e. The number of ether oxygens (including phenoxy) is 1. The average molecular weight is 298 g/mol. The Morgan fingerprint density at radius 3 is 2.43 bits per heavy atom. The molecule has 0 saturated carbocycles. The van der Waals surface area contributed by atoms with Crippen LogP contribution in [0, 0.1) is 0 Å². The van der Waals surface area contributed by atoms with E-state index in [1.807, 2.05) is 0 Å². The van der Waals surface area contributed by atoms with E-state index in [4.69, 9.17) is 4.74 Å². The standard InChI is InChI=1S/C15H13F3O3/c16-15(17,18)11-4-1-3-10(7-11)14(20)9-21-13-6-2-5-12(19)8-13/h1-8,14,19-20H,9H2. The number of hydrogen-bond donors (Lipinski definition) is 2. The van der Waals surface area contributed by atoms with E-state index in [0.717, 1.165) is 12.1 Å². The highest BCUT2D eigenvalue weighted by molar-refractivity contribution is 5.32. The number of rotatable bonds is 4. The lowest BCUT2D eigenvalue weighted by molar-refractivity contribution is -0.137. The van der Waals surface area contributed by atoms with Crippen molar-refractivity contribution in [2.75, 3.05) is 6.61 Å². The molecular weight excluding hydrogens is 285 g/mol. The Labute approximate surface area is 119 Å². The van der Waals surface area contributed by atoms with Gasteiger partial charge in [-0.05, 0) is 29.8 Å². The number of phenolic OH excluding ortho intramolecular Hbond substituents is 1. The molecule has 0 spiro atoms. The van der Waals surface area contributed by atoms with E-state index < -0.39 is 17.8 Å². The van der Waals surface area contributed by atoms with Gasteiger partial charge in [0.2, 0.25) is 0 Å². The average Bonchev–Trinajstić information content (AvgIpc) is 2.44. The number of aliphatic hydroxyl groups is 1. The van der Waals surface area contributed by atoms with Gasteiger partial charge in [-0.25, -0.2) is 0 Å². The van der Waals surface area contributed by atoms with Gasteiger partial charge in [-0.15, -0.1) is 0 Å². The summed E-state index contributed by atoms with van der Waals surface area (Å²) in [6.07, 6.45) is -5.66. The first-order valence-corrected chi connectivity index (χ1v) is 6.13. The molecule has 0 aliphatic rings. The van der Waals surface area contributed by atoms with E-state index in [-0.39, 0.29) is 17.9 Å². The Kier molecular flexibility index (Phi) is 4.37. The van der Waals surface area contributed by atoms with Gasteiger partial charge in [0.15, 0.2) is 0 Å². The largest absolute Gasteiger partial charge is 0.508 e. The van der Waals surface area contributed by atoms with E-state index in [9.17, 15) is 23.4 Å². The quantitative estimate of drug-likeness (QED) is 0.908. The van der Waals surface area contributed by atoms with Crippen LogP contribution in [0.25, 0.3) is 0 Å². The van der Waals surface area contributed by atoms with Crippen LogP contribution >= 0.6 is 0 Å². The Morgan fingerprint density at radius 2 is 1.76 bits per heavy atom. The first-order valence-electron chi connectivity index (χ1n) is 6.13. The number of aromatic hydroxyl groups is 1. The van der Waals surface area contributed by atoms with Crippen LogP contribution in [0.1, 0.15) is 17.2 Å². The number of alkyl halides is 3. The van der Waals surface area contributed by atoms with E-state index >= 15 is 0 Å². The Balaban J connectivity index is 2.05. The molecule has 1 atom stereocenters. The van der Waals surface area contributed by atoms with E-state index in [1.54, 1.807) is 12.1 Å². The summed E-state index contributed by atoms with van der Waals surface area (Å²) in [5.74, 6) is 0.321. The van der Waals surface area contributed by atoms with Gasteiger partial charge >= 0.3 is 6.18 Å². The highest BCUT2D eigenvalue weighted by Gasteiger charge is 2.30. The van der Waals surface area contributed by atoms with Gasteiger partial charge in [-0.1, -0.05) is 18.2 Å². The summed E-state index contributed by atoms with van der Waals surface area (Å²) >= 11 is 0. The number of aliphatic hydroxyl groups excluding tert-OH is 1. The minimum atomic E-state index is -4.46. The molecule has 0 aromatic heterocycles. The fourth-order valence-electron chi connectivity index (χ4n) is 1.77. The van der Waals surface area contributed by atoms with Gasteiger partial charge in [-0.3, -0.25) is 0 Å². The second kappa shape index (κ2) is 6.05. The molecule has 0 aliphatic heterocycles. The number of hydrogen-bond acceptors (Lipinski definition) is 3. The Morgan fingerprint density at radius 1 is 1.05 bits per heavy atom. The predicted molar refractivity (Wildman–Crippen MR) is 70.0 cm³/mol. The van der Waals surface area contributed by atoms with Crippen molar-refractivity contribution in [3.63, 3.8) is 0 Å². The molecule has 0 aliphatic carbocycles. The zero-order valence-electron chi connectivity index (χ0n) is 10.8. The normalized spacial score (nSPS) is 13.0. The van der Waals surface area contributed by atoms with E-state index in [0.29, 0.717) is 5.75 Å². The molecule has 0 amide bonds. The molecule has 0 bridgehead atoms. The molecule has 0 heterocycles. The summed E-state index contributed by atoms with van der Waals surface area (Å²) in [4.78, 5) is 0. The summed E-state index contributed by atoms with van der Waals surface area (Å²) in [5, 5.41) is 19.1. The molecule has 0 saturated heterocycles. The van der Waals surface area contributed by atoms with Crippen LogP contribution in [0.3, 0.4) is 0 Å². The van der Waals surface area contributed by atoms with Crippen LogP contribution in [-0.4, -0.2) is 16.8 Å². The fraction of sp³-hybridized carbons (Fsp3) is 0.200. The van der Waals surface area contributed by atoms with Crippen LogP contribution in [0.2, 0.25) is 0 Å². The summed E-state index contributed by atoms with van der Waals surface area (Å²) in [5.41, 5.74) is -0.707. The highest BCUT2D eigenvalue weighted by Crippen LogP contribution is 2.31. The maximum Gasteiger partial charge on any atom is 0.416 e. The van der Waals surface area contributed by atoms with E-state index in [1.165, 1.54) is 24.3 Å². The summed E-state index contributed by atoms with van der Waals surface area (Å²) < 4.78 is 43.0. The topological polar surface area (TPSA) is 49.7 Å². The van der Waals surface area contributed by atoms with Crippen molar-refractivity contribution in [1.82, 2.24) is 0 Å². The molecule has 21 heavy (non-hydrogen) atoms. The molecule has 2 N–H and O–H groups in total. The van der Waals surface area contributed by atoms with Gasteiger partial charge in [0.25, 0.3) is 0 Å². The lowest BCUT2D eigenvalue weighted by Crippen LogP contribution is -2.11. The van der Waals surface area contributed by atoms with Crippen LogP contribution in [0.5, 0.6) is 11.5 Å². The number of benzene rings is 2. The van der Waals surface area contributed by atoms with Crippen molar-refractivity contribution < 1.29 is 28.1 Å². The van der Waals surface area contributed by atoms with Crippen LogP contribution < -0.4 is 4.74 Å². The molecule has 6 heteroatoms. The lowest BCUT2D eigenvalue weighted by Gasteiger charge is -2.14. The smallest absolute Gasteiger partial charge is 0.416 e. The minimum absolute atomic E-state index is 0.000980. The summed E-state index contributed by atoms with van der Waals surface area (Å²) in [6, 6.07) is 10.4. The maximum atomic E-state index is 12.6. The Hall–Kier alpha value is -2.21. The molecule has 2 rings (SSSR count). The van der Waals surface area contributed by atoms with E-state index in [2.05, 4.69) is 0 Å². The van der Waals surface area contributed by atoms with Gasteiger partial charge in [-0.2, -0.15) is 13.2 Å². The molecule has 1 unspecified atom stereocenters. The summed E-state index contributed by atoms with van der Waals surface area (Å²) in [6.45, 7) is -0.217. The first kappa shape index (κ1) is 15.2. The number of halogens is 3. The molecule has 2 aromatic rings. The third-order valence-electron chi connectivity index (χ3n) is 2.82. The van der Waals surface area contributed by atoms with Crippen LogP contribution in [0.15, 0.2) is 48.5 Å². The highest BCUT2D eigenvalue weighted by atomic mass is 19.4. The van der Waals surface area contributed by atoms with Crippen molar-refractivity contribution in [2.45, 2.75) is 12.3 Å². The molecule has 0 radical (unpaired) electrons. The van der Waals surface area contributed by atoms with Crippen molar-refractivity contribution in [2.24, 2.45) is 0 Å². The fourth-order valence-corrected chi connectivity index (χ4v) is 1.77. The van der Waals surface area contributed by atoms with Crippen molar-refractivity contribution in [3.05, 3.63) is 59.7 Å². The SMILES string of the molecule is Oc1cccc(OCC(O)c2cccc(C(F)(F)F)c2)c1. The zero-order valence-corrected chi connectivity index (χ0v) is 10.8. The lowest BCUT2D eigenvalue weighted by atomic mass is 10.1. The van der Waals surface area contributed by atoms with Crippen molar-refractivity contribution in [1.29, 1.82) is 0 Å². The molecule has 0 fully saturated rings. The van der Waals surface area contributed by atoms with Crippen LogP contribution in [0.4, 0.5) is 13.2 Å². The predicted octanol–water partition coefficient (Wildman–Crippen LogP) is 3.52. The maximum absolute atomic E-state index is 12.6. The van der Waals surface area contributed by atoms with Crippen molar-refractivity contribution >= 4 is 0 Å². The molecule has 2 aromatic carbocycles. The summed E-state index contributed by atoms with van der Waals surface area (Å²) in [7, 11) is 0. The van der Waals surface area contributed by atoms with Gasteiger partial charge in [0.05, 0.1) is 5.56 Å². The number of phenols is 1. The third kappa shape index (κ3) is 4.13. The second-order valence-electron chi connectivity index (χ2n) is 4.45.